The van der Waals surface area contributed by atoms with Crippen LogP contribution in [0.5, 0.6) is 0 Å². The molecule has 0 unspecified atom stereocenters. The number of rotatable bonds is 3. The van der Waals surface area contributed by atoms with Crippen molar-refractivity contribution in [3.63, 3.8) is 0 Å². The standard InChI is InChI=1S/C19H24F3N5O5S/c20-19(21,22)33(30,31)13-5-23-27(7-13)6-12-3-18(4-12)10-26(11-18)17(29)25-2-1-15-14(8-25)24-16(28)9-32-15/h5,7,12,14-15H,1-4,6,8-11H2,(H,24,28)/t14-,15+/m1/s1. The first-order valence-electron chi connectivity index (χ1n) is 10.7. The van der Waals surface area contributed by atoms with Gasteiger partial charge in [-0.05, 0) is 25.2 Å². The maximum Gasteiger partial charge on any atom is 0.502 e. The average molecular weight is 491 g/mol. The Kier molecular flexibility index (Phi) is 5.16. The zero-order chi connectivity index (χ0) is 23.6. The van der Waals surface area contributed by atoms with Gasteiger partial charge in [0.15, 0.2) is 0 Å². The molecule has 1 aromatic heterocycles. The minimum Gasteiger partial charge on any atom is -0.366 e. The average Bonchev–Trinajstić information content (AvgIpc) is 3.16. The molecule has 3 saturated heterocycles. The van der Waals surface area contributed by atoms with E-state index in [0.717, 1.165) is 25.2 Å². The number of piperidine rings is 1. The van der Waals surface area contributed by atoms with Crippen LogP contribution in [0.3, 0.4) is 0 Å². The first-order chi connectivity index (χ1) is 15.5. The molecule has 3 amide bonds. The van der Waals surface area contributed by atoms with Crippen molar-refractivity contribution in [3.05, 3.63) is 12.4 Å². The molecule has 1 aliphatic carbocycles. The summed E-state index contributed by atoms with van der Waals surface area (Å²) >= 11 is 0. The van der Waals surface area contributed by atoms with Crippen LogP contribution < -0.4 is 5.32 Å². The highest BCUT2D eigenvalue weighted by Crippen LogP contribution is 2.52. The van der Waals surface area contributed by atoms with Crippen LogP contribution >= 0.6 is 0 Å². The third-order valence-electron chi connectivity index (χ3n) is 7.03. The molecule has 4 aliphatic rings. The number of urea groups is 1. The molecule has 0 bridgehead atoms. The molecule has 182 valence electrons. The van der Waals surface area contributed by atoms with Gasteiger partial charge in [-0.15, -0.1) is 0 Å². The van der Waals surface area contributed by atoms with E-state index >= 15 is 0 Å². The van der Waals surface area contributed by atoms with Gasteiger partial charge in [-0.1, -0.05) is 0 Å². The van der Waals surface area contributed by atoms with Gasteiger partial charge in [0, 0.05) is 44.3 Å². The molecular formula is C19H24F3N5O5S. The molecule has 1 spiro atoms. The third kappa shape index (κ3) is 3.96. The Morgan fingerprint density at radius 3 is 2.70 bits per heavy atom. The molecule has 5 rings (SSSR count). The number of halogens is 3. The van der Waals surface area contributed by atoms with Crippen molar-refractivity contribution in [1.29, 1.82) is 0 Å². The Bertz CT molecular complexity index is 1060. The van der Waals surface area contributed by atoms with E-state index in [1.807, 2.05) is 0 Å². The van der Waals surface area contributed by atoms with Gasteiger partial charge in [0.2, 0.25) is 5.91 Å². The predicted molar refractivity (Wildman–Crippen MR) is 105 cm³/mol. The second-order valence-corrected chi connectivity index (χ2v) is 11.5. The van der Waals surface area contributed by atoms with Crippen LogP contribution in [0.15, 0.2) is 17.3 Å². The van der Waals surface area contributed by atoms with Crippen LogP contribution in [0, 0.1) is 11.3 Å². The summed E-state index contributed by atoms with van der Waals surface area (Å²) in [5, 5.41) is 6.66. The van der Waals surface area contributed by atoms with Crippen molar-refractivity contribution < 1.29 is 35.9 Å². The van der Waals surface area contributed by atoms with Crippen LogP contribution in [0.25, 0.3) is 0 Å². The number of likely N-dealkylation sites (tertiary alicyclic amines) is 2. The number of carbonyl (C=O) groups is 2. The maximum atomic E-state index is 12.8. The summed E-state index contributed by atoms with van der Waals surface area (Å²) in [6.45, 7) is 2.61. The predicted octanol–water partition coefficient (Wildman–Crippen LogP) is 0.598. The number of hydrogen-bond donors (Lipinski definition) is 1. The summed E-state index contributed by atoms with van der Waals surface area (Å²) in [4.78, 5) is 27.1. The highest BCUT2D eigenvalue weighted by Gasteiger charge is 2.54. The monoisotopic (exact) mass is 491 g/mol. The lowest BCUT2D eigenvalue weighted by atomic mass is 9.58. The van der Waals surface area contributed by atoms with Crippen LogP contribution in [0.1, 0.15) is 19.3 Å². The number of hydrogen-bond acceptors (Lipinski definition) is 6. The van der Waals surface area contributed by atoms with Gasteiger partial charge in [0.05, 0.1) is 18.3 Å². The fourth-order valence-corrected chi connectivity index (χ4v) is 6.22. The number of nitrogens with one attached hydrogen (secondary N) is 1. The number of carbonyl (C=O) groups excluding carboxylic acids is 2. The summed E-state index contributed by atoms with van der Waals surface area (Å²) < 4.78 is 67.7. The number of sulfone groups is 1. The first-order valence-corrected chi connectivity index (χ1v) is 12.2. The van der Waals surface area contributed by atoms with Gasteiger partial charge >= 0.3 is 11.5 Å². The number of fused-ring (bicyclic) bond motifs is 1. The molecule has 0 radical (unpaired) electrons. The Morgan fingerprint density at radius 1 is 1.27 bits per heavy atom. The normalized spacial score (nSPS) is 27.5. The number of amides is 3. The van der Waals surface area contributed by atoms with Crippen molar-refractivity contribution >= 4 is 21.8 Å². The summed E-state index contributed by atoms with van der Waals surface area (Å²) in [5.74, 6) is -0.0109. The van der Waals surface area contributed by atoms with Crippen molar-refractivity contribution in [2.75, 3.05) is 32.8 Å². The van der Waals surface area contributed by atoms with Gasteiger partial charge < -0.3 is 19.9 Å². The van der Waals surface area contributed by atoms with Gasteiger partial charge in [0.1, 0.15) is 11.5 Å². The number of morpholine rings is 1. The smallest absolute Gasteiger partial charge is 0.366 e. The van der Waals surface area contributed by atoms with E-state index in [2.05, 4.69) is 10.4 Å². The Balaban J connectivity index is 1.09. The van der Waals surface area contributed by atoms with Crippen LogP contribution in [-0.2, 0) is 25.9 Å². The SMILES string of the molecule is O=C1CO[C@H]2CCN(C(=O)N3CC4(CC(Cn5cc(S(=O)(=O)C(F)(F)F)cn5)C4)C3)C[C@H]2N1. The van der Waals surface area contributed by atoms with Crippen LogP contribution in [0.4, 0.5) is 18.0 Å². The van der Waals surface area contributed by atoms with E-state index in [-0.39, 0.29) is 42.0 Å². The second kappa shape index (κ2) is 7.58. The molecule has 10 nitrogen and oxygen atoms in total. The fraction of sp³-hybridized carbons (Fsp3) is 0.737. The molecule has 1 N–H and O–H groups in total. The van der Waals surface area contributed by atoms with E-state index in [1.165, 1.54) is 4.68 Å². The van der Waals surface area contributed by atoms with E-state index in [4.69, 9.17) is 4.74 Å². The van der Waals surface area contributed by atoms with Crippen molar-refractivity contribution in [3.8, 4) is 0 Å². The molecule has 0 aromatic carbocycles. The third-order valence-corrected chi connectivity index (χ3v) is 8.47. The molecule has 4 heterocycles. The number of alkyl halides is 3. The van der Waals surface area contributed by atoms with Gasteiger partial charge in [-0.2, -0.15) is 18.3 Å². The lowest BCUT2D eigenvalue weighted by Gasteiger charge is -2.59. The van der Waals surface area contributed by atoms with Crippen molar-refractivity contribution in [2.45, 2.75) is 48.4 Å². The van der Waals surface area contributed by atoms with E-state index < -0.39 is 20.2 Å². The topological polar surface area (TPSA) is 114 Å². The first kappa shape index (κ1) is 22.4. The summed E-state index contributed by atoms with van der Waals surface area (Å²) in [7, 11) is -5.40. The highest BCUT2D eigenvalue weighted by molar-refractivity contribution is 7.92. The molecule has 1 saturated carbocycles. The van der Waals surface area contributed by atoms with Gasteiger partial charge in [-0.25, -0.2) is 13.2 Å². The van der Waals surface area contributed by atoms with E-state index in [9.17, 15) is 31.2 Å². The zero-order valence-electron chi connectivity index (χ0n) is 17.6. The molecule has 4 fully saturated rings. The van der Waals surface area contributed by atoms with Crippen LogP contribution in [0.2, 0.25) is 0 Å². The van der Waals surface area contributed by atoms with Crippen LogP contribution in [-0.4, -0.2) is 90.4 Å². The Hall–Kier alpha value is -2.35. The number of nitrogens with zero attached hydrogens (tertiary/aromatic N) is 4. The minimum absolute atomic E-state index is 0.00877. The summed E-state index contributed by atoms with van der Waals surface area (Å²) in [6, 6.07) is -0.246. The lowest BCUT2D eigenvalue weighted by Crippen LogP contribution is -2.68. The summed E-state index contributed by atoms with van der Waals surface area (Å²) in [6.07, 6.45) is 3.86. The van der Waals surface area contributed by atoms with Crippen molar-refractivity contribution in [2.24, 2.45) is 11.3 Å². The highest BCUT2D eigenvalue weighted by atomic mass is 32.2. The zero-order valence-corrected chi connectivity index (χ0v) is 18.4. The lowest BCUT2D eigenvalue weighted by molar-refractivity contribution is -0.140. The quantitative estimate of drug-likeness (QED) is 0.663. The Labute approximate surface area is 187 Å². The van der Waals surface area contributed by atoms with Gasteiger partial charge in [0.25, 0.3) is 9.84 Å². The molecule has 2 atom stereocenters. The molecule has 33 heavy (non-hydrogen) atoms. The molecule has 14 heteroatoms. The minimum atomic E-state index is -5.40. The largest absolute Gasteiger partial charge is 0.502 e. The van der Waals surface area contributed by atoms with E-state index in [1.54, 1.807) is 9.80 Å². The molecule has 1 aromatic rings. The number of aromatic nitrogens is 2. The molecule has 3 aliphatic heterocycles. The maximum absolute atomic E-state index is 12.8. The molecular weight excluding hydrogens is 467 g/mol. The summed E-state index contributed by atoms with van der Waals surface area (Å²) in [5.41, 5.74) is -5.34. The van der Waals surface area contributed by atoms with Gasteiger partial charge in [-0.3, -0.25) is 9.48 Å². The Morgan fingerprint density at radius 2 is 2.00 bits per heavy atom. The fourth-order valence-electron chi connectivity index (χ4n) is 5.51. The van der Waals surface area contributed by atoms with Crippen molar-refractivity contribution in [1.82, 2.24) is 24.9 Å². The number of ether oxygens (including phenoxy) is 1. The second-order valence-electron chi connectivity index (χ2n) is 9.52. The van der Waals surface area contributed by atoms with E-state index in [0.29, 0.717) is 39.1 Å².